The second-order valence-electron chi connectivity index (χ2n) is 4.39. The summed E-state index contributed by atoms with van der Waals surface area (Å²) in [5, 5.41) is 12.4. The van der Waals surface area contributed by atoms with Crippen molar-refractivity contribution in [3.8, 4) is 6.07 Å². The van der Waals surface area contributed by atoms with Crippen molar-refractivity contribution in [2.24, 2.45) is 0 Å². The molecule has 1 N–H and O–H groups in total. The summed E-state index contributed by atoms with van der Waals surface area (Å²) in [7, 11) is 0. The van der Waals surface area contributed by atoms with Gasteiger partial charge in [0.2, 0.25) is 0 Å². The molecule has 0 heterocycles. The number of carbonyl (C=O) groups excluding carboxylic acids is 1. The normalized spacial score (nSPS) is 10.8. The van der Waals surface area contributed by atoms with Gasteiger partial charge in [0, 0.05) is 11.6 Å². The average molecular weight is 297 g/mol. The predicted octanol–water partition coefficient (Wildman–Crippen LogP) is 3.56. The fraction of sp³-hybridized carbons (Fsp3) is 0.0588. The number of hydrogen-bond acceptors (Lipinski definition) is 2. The Morgan fingerprint density at radius 2 is 1.81 bits per heavy atom. The molecule has 104 valence electrons. The average Bonchev–Trinajstić information content (AvgIpc) is 2.53. The lowest BCUT2D eigenvalue weighted by Gasteiger charge is -2.04. The van der Waals surface area contributed by atoms with Crippen LogP contribution in [0.4, 0.5) is 0 Å². The van der Waals surface area contributed by atoms with E-state index in [1.54, 1.807) is 24.3 Å². The second kappa shape index (κ2) is 7.28. The van der Waals surface area contributed by atoms with Gasteiger partial charge in [0.1, 0.15) is 11.6 Å². The lowest BCUT2D eigenvalue weighted by molar-refractivity contribution is -0.117. The van der Waals surface area contributed by atoms with E-state index in [-0.39, 0.29) is 5.57 Å². The standard InChI is InChI=1S/C17H13ClN2O/c18-16-8-6-13(7-9-16)10-15(11-19)17(21)20-12-14-4-2-1-3-5-14/h1-10H,12H2,(H,20,21)/b15-10+. The van der Waals surface area contributed by atoms with Crippen molar-refractivity contribution in [1.29, 1.82) is 5.26 Å². The zero-order valence-corrected chi connectivity index (χ0v) is 12.0. The van der Waals surface area contributed by atoms with Crippen LogP contribution in [0, 0.1) is 11.3 Å². The molecule has 0 fully saturated rings. The van der Waals surface area contributed by atoms with Gasteiger partial charge in [-0.3, -0.25) is 4.79 Å². The fourth-order valence-corrected chi connectivity index (χ4v) is 1.87. The molecule has 4 heteroatoms. The van der Waals surface area contributed by atoms with E-state index in [0.29, 0.717) is 11.6 Å². The summed E-state index contributed by atoms with van der Waals surface area (Å²) in [6.07, 6.45) is 1.54. The van der Waals surface area contributed by atoms with Gasteiger partial charge in [0.05, 0.1) is 0 Å². The minimum absolute atomic E-state index is 0.0632. The fourth-order valence-electron chi connectivity index (χ4n) is 1.75. The SMILES string of the molecule is N#C/C(=C\c1ccc(Cl)cc1)C(=O)NCc1ccccc1. The molecule has 0 aliphatic rings. The molecular formula is C17H13ClN2O. The van der Waals surface area contributed by atoms with Crippen LogP contribution in [0.2, 0.25) is 5.02 Å². The summed E-state index contributed by atoms with van der Waals surface area (Å²) in [5.74, 6) is -0.392. The Balaban J connectivity index is 2.05. The second-order valence-corrected chi connectivity index (χ2v) is 4.83. The Morgan fingerprint density at radius 3 is 2.43 bits per heavy atom. The van der Waals surface area contributed by atoms with Crippen molar-refractivity contribution in [2.75, 3.05) is 0 Å². The number of halogens is 1. The van der Waals surface area contributed by atoms with Crippen LogP contribution in [0.1, 0.15) is 11.1 Å². The van der Waals surface area contributed by atoms with E-state index in [0.717, 1.165) is 11.1 Å². The molecule has 3 nitrogen and oxygen atoms in total. The molecule has 0 atom stereocenters. The highest BCUT2D eigenvalue weighted by molar-refractivity contribution is 6.30. The van der Waals surface area contributed by atoms with Crippen LogP contribution in [0.15, 0.2) is 60.2 Å². The molecule has 1 amide bonds. The van der Waals surface area contributed by atoms with E-state index in [1.807, 2.05) is 36.4 Å². The summed E-state index contributed by atoms with van der Waals surface area (Å²) in [5.41, 5.74) is 1.80. The van der Waals surface area contributed by atoms with Crippen molar-refractivity contribution in [2.45, 2.75) is 6.54 Å². The van der Waals surface area contributed by atoms with Gasteiger partial charge in [-0.05, 0) is 29.3 Å². The van der Waals surface area contributed by atoms with Crippen molar-refractivity contribution in [3.63, 3.8) is 0 Å². The Labute approximate surface area is 128 Å². The van der Waals surface area contributed by atoms with E-state index >= 15 is 0 Å². The van der Waals surface area contributed by atoms with Crippen LogP contribution in [-0.4, -0.2) is 5.91 Å². The van der Waals surface area contributed by atoms with E-state index in [2.05, 4.69) is 5.32 Å². The molecule has 2 rings (SSSR count). The molecule has 2 aromatic carbocycles. The molecule has 0 aliphatic heterocycles. The van der Waals surface area contributed by atoms with E-state index < -0.39 is 5.91 Å². The quantitative estimate of drug-likeness (QED) is 0.693. The topological polar surface area (TPSA) is 52.9 Å². The van der Waals surface area contributed by atoms with Crippen LogP contribution in [0.25, 0.3) is 6.08 Å². The maximum Gasteiger partial charge on any atom is 0.262 e. The van der Waals surface area contributed by atoms with Gasteiger partial charge in [-0.2, -0.15) is 5.26 Å². The molecule has 2 aromatic rings. The first-order valence-electron chi connectivity index (χ1n) is 6.38. The van der Waals surface area contributed by atoms with Crippen molar-refractivity contribution >= 4 is 23.6 Å². The lowest BCUT2D eigenvalue weighted by Crippen LogP contribution is -2.23. The maximum atomic E-state index is 12.0. The largest absolute Gasteiger partial charge is 0.347 e. The Bertz CT molecular complexity index is 685. The molecule has 0 saturated heterocycles. The van der Waals surface area contributed by atoms with Gasteiger partial charge < -0.3 is 5.32 Å². The highest BCUT2D eigenvalue weighted by atomic mass is 35.5. The zero-order valence-electron chi connectivity index (χ0n) is 11.2. The van der Waals surface area contributed by atoms with E-state index in [4.69, 9.17) is 16.9 Å². The third-order valence-electron chi connectivity index (χ3n) is 2.84. The highest BCUT2D eigenvalue weighted by Crippen LogP contribution is 2.12. The third-order valence-corrected chi connectivity index (χ3v) is 3.09. The number of nitrogens with one attached hydrogen (secondary N) is 1. The van der Waals surface area contributed by atoms with Gasteiger partial charge in [0.15, 0.2) is 0 Å². The third kappa shape index (κ3) is 4.48. The zero-order chi connectivity index (χ0) is 15.1. The highest BCUT2D eigenvalue weighted by Gasteiger charge is 2.08. The summed E-state index contributed by atoms with van der Waals surface area (Å²) in [6, 6.07) is 18.4. The molecule has 21 heavy (non-hydrogen) atoms. The van der Waals surface area contributed by atoms with E-state index in [1.165, 1.54) is 6.08 Å². The van der Waals surface area contributed by atoms with Gasteiger partial charge in [-0.25, -0.2) is 0 Å². The number of rotatable bonds is 4. The number of nitriles is 1. The minimum atomic E-state index is -0.392. The molecule has 0 bridgehead atoms. The van der Waals surface area contributed by atoms with Crippen LogP contribution in [0.3, 0.4) is 0 Å². The maximum absolute atomic E-state index is 12.0. The molecule has 0 aromatic heterocycles. The minimum Gasteiger partial charge on any atom is -0.347 e. The first-order chi connectivity index (χ1) is 10.2. The monoisotopic (exact) mass is 296 g/mol. The van der Waals surface area contributed by atoms with Gasteiger partial charge >= 0.3 is 0 Å². The summed E-state index contributed by atoms with van der Waals surface area (Å²) in [4.78, 5) is 12.0. The summed E-state index contributed by atoms with van der Waals surface area (Å²) >= 11 is 5.80. The van der Waals surface area contributed by atoms with Crippen LogP contribution >= 0.6 is 11.6 Å². The van der Waals surface area contributed by atoms with Gasteiger partial charge in [-0.1, -0.05) is 54.1 Å². The van der Waals surface area contributed by atoms with Crippen molar-refractivity contribution in [1.82, 2.24) is 5.32 Å². The molecular weight excluding hydrogens is 284 g/mol. The number of hydrogen-bond donors (Lipinski definition) is 1. The predicted molar refractivity (Wildman–Crippen MR) is 83.3 cm³/mol. The first-order valence-corrected chi connectivity index (χ1v) is 6.76. The van der Waals surface area contributed by atoms with Gasteiger partial charge in [0.25, 0.3) is 5.91 Å². The van der Waals surface area contributed by atoms with Crippen molar-refractivity contribution < 1.29 is 4.79 Å². The number of amides is 1. The Hall–Kier alpha value is -2.57. The summed E-state index contributed by atoms with van der Waals surface area (Å²) < 4.78 is 0. The number of nitrogens with zero attached hydrogens (tertiary/aromatic N) is 1. The first kappa shape index (κ1) is 14.8. The Kier molecular flexibility index (Phi) is 5.14. The molecule has 0 unspecified atom stereocenters. The molecule has 0 saturated carbocycles. The molecule has 0 radical (unpaired) electrons. The van der Waals surface area contributed by atoms with E-state index in [9.17, 15) is 4.79 Å². The van der Waals surface area contributed by atoms with Gasteiger partial charge in [-0.15, -0.1) is 0 Å². The Morgan fingerprint density at radius 1 is 1.14 bits per heavy atom. The molecule has 0 spiro atoms. The van der Waals surface area contributed by atoms with Crippen molar-refractivity contribution in [3.05, 3.63) is 76.3 Å². The smallest absolute Gasteiger partial charge is 0.262 e. The lowest BCUT2D eigenvalue weighted by atomic mass is 10.1. The molecule has 0 aliphatic carbocycles. The number of carbonyl (C=O) groups is 1. The summed E-state index contributed by atoms with van der Waals surface area (Å²) in [6.45, 7) is 0.388. The van der Waals surface area contributed by atoms with Crippen LogP contribution < -0.4 is 5.32 Å². The van der Waals surface area contributed by atoms with Crippen LogP contribution in [-0.2, 0) is 11.3 Å². The number of benzene rings is 2. The van der Waals surface area contributed by atoms with Crippen LogP contribution in [0.5, 0.6) is 0 Å².